The number of unbranched alkanes of at least 4 members (excludes halogenated alkanes) is 9. The van der Waals surface area contributed by atoms with Crippen molar-refractivity contribution >= 4 is 11.8 Å². The van der Waals surface area contributed by atoms with Crippen molar-refractivity contribution in [3.8, 4) is 6.07 Å². The van der Waals surface area contributed by atoms with Crippen LogP contribution < -0.4 is 5.73 Å². The van der Waals surface area contributed by atoms with Crippen LogP contribution in [0, 0.1) is 16.7 Å². The Hall–Kier alpha value is -2.35. The summed E-state index contributed by atoms with van der Waals surface area (Å²) < 4.78 is 0. The van der Waals surface area contributed by atoms with Crippen LogP contribution in [-0.4, -0.2) is 11.8 Å². The van der Waals surface area contributed by atoms with Crippen LogP contribution in [0.4, 0.5) is 0 Å². The van der Waals surface area contributed by atoms with Gasteiger partial charge in [-0.15, -0.1) is 0 Å². The summed E-state index contributed by atoms with van der Waals surface area (Å²) in [6, 6.07) is 9.88. The van der Waals surface area contributed by atoms with Crippen LogP contribution in [0.3, 0.4) is 0 Å². The molecule has 1 fully saturated rings. The molecular weight excluding hydrogens is 362 g/mol. The second kappa shape index (κ2) is 12.3. The van der Waals surface area contributed by atoms with E-state index in [-0.39, 0.29) is 5.84 Å². The van der Waals surface area contributed by atoms with E-state index in [4.69, 9.17) is 15.8 Å². The zero-order valence-electron chi connectivity index (χ0n) is 17.8. The Morgan fingerprint density at radius 2 is 1.72 bits per heavy atom. The predicted octanol–water partition coefficient (Wildman–Crippen LogP) is 5.62. The highest BCUT2D eigenvalue weighted by atomic mass is 16.7. The third kappa shape index (κ3) is 7.89. The highest BCUT2D eigenvalue weighted by Gasteiger charge is 2.53. The Morgan fingerprint density at radius 3 is 2.31 bits per heavy atom. The van der Waals surface area contributed by atoms with Crippen molar-refractivity contribution in [2.75, 3.05) is 0 Å². The van der Waals surface area contributed by atoms with Gasteiger partial charge in [-0.05, 0) is 37.3 Å². The molecule has 0 heterocycles. The van der Waals surface area contributed by atoms with E-state index in [2.05, 4.69) is 18.1 Å². The summed E-state index contributed by atoms with van der Waals surface area (Å²) in [4.78, 5) is 16.8. The van der Waals surface area contributed by atoms with E-state index in [1.54, 1.807) is 0 Å². The fourth-order valence-electron chi connectivity index (χ4n) is 3.42. The van der Waals surface area contributed by atoms with Gasteiger partial charge < -0.3 is 10.6 Å². The summed E-state index contributed by atoms with van der Waals surface area (Å²) in [5, 5.41) is 12.7. The van der Waals surface area contributed by atoms with E-state index >= 15 is 0 Å². The van der Waals surface area contributed by atoms with Gasteiger partial charge in [0.25, 0.3) is 0 Å². The van der Waals surface area contributed by atoms with Crippen molar-refractivity contribution < 1.29 is 9.63 Å². The molecule has 0 unspecified atom stereocenters. The van der Waals surface area contributed by atoms with Crippen molar-refractivity contribution in [2.45, 2.75) is 90.4 Å². The maximum absolute atomic E-state index is 11.9. The Labute approximate surface area is 175 Å². The second-order valence-corrected chi connectivity index (χ2v) is 8.18. The number of aryl methyl sites for hydroxylation is 1. The summed E-state index contributed by atoms with van der Waals surface area (Å²) in [7, 11) is 0. The van der Waals surface area contributed by atoms with Crippen LogP contribution in [0.15, 0.2) is 29.4 Å². The van der Waals surface area contributed by atoms with Crippen molar-refractivity contribution in [3.63, 3.8) is 0 Å². The van der Waals surface area contributed by atoms with Crippen molar-refractivity contribution in [1.29, 1.82) is 5.26 Å². The van der Waals surface area contributed by atoms with Crippen molar-refractivity contribution in [2.24, 2.45) is 16.3 Å². The largest absolute Gasteiger partial charge is 0.380 e. The van der Waals surface area contributed by atoms with E-state index in [1.165, 1.54) is 63.4 Å². The third-order valence-electron chi connectivity index (χ3n) is 5.62. The molecule has 1 saturated carbocycles. The Balaban J connectivity index is 1.66. The zero-order valence-corrected chi connectivity index (χ0v) is 17.8. The second-order valence-electron chi connectivity index (χ2n) is 8.18. The minimum Gasteiger partial charge on any atom is -0.380 e. The molecule has 5 nitrogen and oxygen atoms in total. The molecule has 1 aliphatic carbocycles. The standard InChI is InChI=1S/C24H35N3O2/c1-2-3-4-5-6-7-8-9-10-11-13-20-14-12-15-21(18-20)22(26)27-29-23(28)24(19-25)16-17-24/h12,14-15,18H,2-11,13,16-17H2,1H3,(H2,26,27). The first kappa shape index (κ1) is 22.9. The summed E-state index contributed by atoms with van der Waals surface area (Å²) in [6.07, 6.45) is 15.3. The lowest BCUT2D eigenvalue weighted by atomic mass is 10.0. The smallest absolute Gasteiger partial charge is 0.355 e. The number of carbonyl (C=O) groups excluding carboxylic acids is 1. The average Bonchev–Trinajstić information content (AvgIpc) is 3.55. The van der Waals surface area contributed by atoms with Gasteiger partial charge in [0, 0.05) is 5.56 Å². The molecule has 0 aliphatic heterocycles. The highest BCUT2D eigenvalue weighted by molar-refractivity contribution is 5.97. The minimum atomic E-state index is -0.999. The number of benzene rings is 1. The number of amidine groups is 1. The molecule has 0 aromatic heterocycles. The van der Waals surface area contributed by atoms with Gasteiger partial charge in [0.1, 0.15) is 0 Å². The molecule has 1 aromatic carbocycles. The molecule has 0 radical (unpaired) electrons. The van der Waals surface area contributed by atoms with Gasteiger partial charge in [-0.3, -0.25) is 0 Å². The topological polar surface area (TPSA) is 88.5 Å². The van der Waals surface area contributed by atoms with Gasteiger partial charge in [0.05, 0.1) is 6.07 Å². The van der Waals surface area contributed by atoms with Gasteiger partial charge in [-0.2, -0.15) is 5.26 Å². The molecule has 0 bridgehead atoms. The van der Waals surface area contributed by atoms with E-state index in [0.717, 1.165) is 18.4 Å². The van der Waals surface area contributed by atoms with Crippen LogP contribution in [0.25, 0.3) is 0 Å². The molecule has 2 N–H and O–H groups in total. The maximum Gasteiger partial charge on any atom is 0.355 e. The number of nitriles is 1. The average molecular weight is 398 g/mol. The Bertz CT molecular complexity index is 717. The Morgan fingerprint density at radius 1 is 1.10 bits per heavy atom. The lowest BCUT2D eigenvalue weighted by Gasteiger charge is -2.06. The Kier molecular flexibility index (Phi) is 9.70. The first-order chi connectivity index (χ1) is 14.1. The molecule has 0 saturated heterocycles. The number of carbonyl (C=O) groups is 1. The number of hydrogen-bond acceptors (Lipinski definition) is 4. The zero-order chi connectivity index (χ0) is 21.0. The van der Waals surface area contributed by atoms with Gasteiger partial charge in [-0.25, -0.2) is 4.79 Å². The number of oxime groups is 1. The summed E-state index contributed by atoms with van der Waals surface area (Å²) >= 11 is 0. The number of nitrogens with two attached hydrogens (primary N) is 1. The lowest BCUT2D eigenvalue weighted by molar-refractivity contribution is -0.147. The molecular formula is C24H35N3O2. The molecule has 158 valence electrons. The number of hydrogen-bond donors (Lipinski definition) is 1. The molecule has 0 amide bonds. The van der Waals surface area contributed by atoms with Crippen LogP contribution in [0.5, 0.6) is 0 Å². The SMILES string of the molecule is CCCCCCCCCCCCc1cccc(C(N)=NOC(=O)C2(C#N)CC2)c1. The minimum absolute atomic E-state index is 0.164. The fraction of sp³-hybridized carbons (Fsp3) is 0.625. The van der Waals surface area contributed by atoms with Crippen molar-refractivity contribution in [3.05, 3.63) is 35.4 Å². The van der Waals surface area contributed by atoms with Gasteiger partial charge in [-0.1, -0.05) is 88.1 Å². The molecule has 29 heavy (non-hydrogen) atoms. The van der Waals surface area contributed by atoms with Gasteiger partial charge in [0.15, 0.2) is 11.3 Å². The van der Waals surface area contributed by atoms with Crippen LogP contribution in [0.1, 0.15) is 95.1 Å². The monoisotopic (exact) mass is 397 g/mol. The summed E-state index contributed by atoms with van der Waals surface area (Å²) in [5.41, 5.74) is 6.91. The highest BCUT2D eigenvalue weighted by Crippen LogP contribution is 2.46. The third-order valence-corrected chi connectivity index (χ3v) is 5.62. The summed E-state index contributed by atoms with van der Waals surface area (Å²) in [6.45, 7) is 2.26. The van der Waals surface area contributed by atoms with E-state index in [9.17, 15) is 4.79 Å². The summed E-state index contributed by atoms with van der Waals surface area (Å²) in [5.74, 6) is -0.443. The van der Waals surface area contributed by atoms with E-state index in [1.807, 2.05) is 24.3 Å². The lowest BCUT2D eigenvalue weighted by Crippen LogP contribution is -2.19. The maximum atomic E-state index is 11.9. The first-order valence-corrected chi connectivity index (χ1v) is 11.2. The van der Waals surface area contributed by atoms with Crippen molar-refractivity contribution in [1.82, 2.24) is 0 Å². The number of nitrogens with zero attached hydrogens (tertiary/aromatic N) is 2. The van der Waals surface area contributed by atoms with Gasteiger partial charge >= 0.3 is 5.97 Å². The fourth-order valence-corrected chi connectivity index (χ4v) is 3.42. The normalized spacial score (nSPS) is 15.0. The molecule has 2 rings (SSSR count). The molecule has 1 aromatic rings. The van der Waals surface area contributed by atoms with E-state index < -0.39 is 11.4 Å². The quantitative estimate of drug-likeness (QED) is 0.145. The van der Waals surface area contributed by atoms with Gasteiger partial charge in [0.2, 0.25) is 0 Å². The van der Waals surface area contributed by atoms with Crippen LogP contribution in [-0.2, 0) is 16.1 Å². The molecule has 0 spiro atoms. The molecule has 5 heteroatoms. The first-order valence-electron chi connectivity index (χ1n) is 11.2. The molecule has 1 aliphatic rings. The van der Waals surface area contributed by atoms with Crippen LogP contribution in [0.2, 0.25) is 0 Å². The van der Waals surface area contributed by atoms with Crippen LogP contribution >= 0.6 is 0 Å². The molecule has 0 atom stereocenters. The predicted molar refractivity (Wildman–Crippen MR) is 116 cm³/mol. The van der Waals surface area contributed by atoms with E-state index in [0.29, 0.717) is 12.8 Å². The number of rotatable bonds is 14.